The second-order valence-electron chi connectivity index (χ2n) is 4.38. The van der Waals surface area contributed by atoms with Crippen molar-refractivity contribution in [3.8, 4) is 0 Å². The molecule has 0 saturated heterocycles. The Morgan fingerprint density at radius 2 is 1.89 bits per heavy atom. The summed E-state index contributed by atoms with van der Waals surface area (Å²) in [6.45, 7) is 6.23. The van der Waals surface area contributed by atoms with Crippen LogP contribution in [0.2, 0.25) is 0 Å². The lowest BCUT2D eigenvalue weighted by Crippen LogP contribution is -2.17. The van der Waals surface area contributed by atoms with Gasteiger partial charge in [0.1, 0.15) is 0 Å². The number of hydrogen-bond acceptors (Lipinski definition) is 4. The van der Waals surface area contributed by atoms with Crippen molar-refractivity contribution in [2.75, 3.05) is 13.2 Å². The van der Waals surface area contributed by atoms with Crippen LogP contribution in [-0.4, -0.2) is 25.2 Å². The third-order valence-electron chi connectivity index (χ3n) is 2.26. The van der Waals surface area contributed by atoms with Gasteiger partial charge in [0.25, 0.3) is 0 Å². The number of rotatable bonds is 5. The molecule has 0 aromatic heterocycles. The molecule has 0 aliphatic heterocycles. The molecular formula is C14H17IO4. The Kier molecular flexibility index (Phi) is 6.27. The zero-order valence-corrected chi connectivity index (χ0v) is 13.4. The fourth-order valence-electron chi connectivity index (χ4n) is 1.43. The van der Waals surface area contributed by atoms with Crippen LogP contribution in [0.4, 0.5) is 0 Å². The van der Waals surface area contributed by atoms with Crippen LogP contribution in [0.25, 0.3) is 0 Å². The van der Waals surface area contributed by atoms with E-state index in [9.17, 15) is 9.59 Å². The Labute approximate surface area is 126 Å². The Hall–Kier alpha value is -1.11. The molecule has 4 nitrogen and oxygen atoms in total. The van der Waals surface area contributed by atoms with Crippen LogP contribution < -0.4 is 0 Å². The van der Waals surface area contributed by atoms with E-state index in [1.807, 2.05) is 36.4 Å². The first-order valence-corrected chi connectivity index (χ1v) is 7.18. The summed E-state index contributed by atoms with van der Waals surface area (Å²) >= 11 is 2.01. The van der Waals surface area contributed by atoms with Gasteiger partial charge in [-0.3, -0.25) is 0 Å². The van der Waals surface area contributed by atoms with E-state index in [2.05, 4.69) is 0 Å². The lowest BCUT2D eigenvalue weighted by molar-refractivity contribution is 0.0434. The SMILES string of the molecule is CCOC(=O)c1c(I)cccc1C(=O)OCC(C)C. The molecular weight excluding hydrogens is 359 g/mol. The maximum atomic E-state index is 12.0. The number of carbonyl (C=O) groups excluding carboxylic acids is 2. The number of esters is 2. The Bertz CT molecular complexity index is 469. The van der Waals surface area contributed by atoms with Crippen LogP contribution in [0.5, 0.6) is 0 Å². The predicted octanol–water partition coefficient (Wildman–Crippen LogP) is 3.28. The smallest absolute Gasteiger partial charge is 0.340 e. The molecule has 0 N–H and O–H groups in total. The standard InChI is InChI=1S/C14H17IO4/c1-4-18-14(17)12-10(6-5-7-11(12)15)13(16)19-8-9(2)3/h5-7,9H,4,8H2,1-3H3. The fraction of sp³-hybridized carbons (Fsp3) is 0.429. The number of benzene rings is 1. The maximum Gasteiger partial charge on any atom is 0.340 e. The molecule has 0 unspecified atom stereocenters. The first kappa shape index (κ1) is 15.9. The van der Waals surface area contributed by atoms with Crippen LogP contribution in [-0.2, 0) is 9.47 Å². The molecule has 0 heterocycles. The highest BCUT2D eigenvalue weighted by atomic mass is 127. The van der Waals surface area contributed by atoms with Gasteiger partial charge in [0.05, 0.1) is 24.3 Å². The van der Waals surface area contributed by atoms with Gasteiger partial charge >= 0.3 is 11.9 Å². The topological polar surface area (TPSA) is 52.6 Å². The molecule has 19 heavy (non-hydrogen) atoms. The number of ether oxygens (including phenoxy) is 2. The van der Waals surface area contributed by atoms with Gasteiger partial charge in [-0.15, -0.1) is 0 Å². The van der Waals surface area contributed by atoms with E-state index in [-0.39, 0.29) is 23.7 Å². The van der Waals surface area contributed by atoms with E-state index in [1.54, 1.807) is 25.1 Å². The average Bonchev–Trinajstić information content (AvgIpc) is 2.35. The van der Waals surface area contributed by atoms with Crippen molar-refractivity contribution in [1.82, 2.24) is 0 Å². The van der Waals surface area contributed by atoms with Gasteiger partial charge in [-0.25, -0.2) is 9.59 Å². The van der Waals surface area contributed by atoms with Crippen molar-refractivity contribution in [3.63, 3.8) is 0 Å². The van der Waals surface area contributed by atoms with E-state index >= 15 is 0 Å². The van der Waals surface area contributed by atoms with Gasteiger partial charge in [-0.05, 0) is 47.6 Å². The van der Waals surface area contributed by atoms with E-state index in [0.717, 1.165) is 0 Å². The molecule has 0 radical (unpaired) electrons. The van der Waals surface area contributed by atoms with Crippen molar-refractivity contribution in [1.29, 1.82) is 0 Å². The third-order valence-corrected chi connectivity index (χ3v) is 3.16. The van der Waals surface area contributed by atoms with Gasteiger partial charge in [0.2, 0.25) is 0 Å². The van der Waals surface area contributed by atoms with Crippen molar-refractivity contribution in [2.45, 2.75) is 20.8 Å². The second kappa shape index (κ2) is 7.47. The molecule has 0 spiro atoms. The molecule has 0 aliphatic carbocycles. The quantitative estimate of drug-likeness (QED) is 0.585. The van der Waals surface area contributed by atoms with Crippen LogP contribution in [0.1, 0.15) is 41.5 Å². The van der Waals surface area contributed by atoms with Crippen molar-refractivity contribution in [3.05, 3.63) is 32.9 Å². The number of hydrogen-bond donors (Lipinski definition) is 0. The van der Waals surface area contributed by atoms with E-state index in [1.165, 1.54) is 0 Å². The zero-order chi connectivity index (χ0) is 14.4. The zero-order valence-electron chi connectivity index (χ0n) is 11.2. The average molecular weight is 376 g/mol. The fourth-order valence-corrected chi connectivity index (χ4v) is 2.14. The third kappa shape index (κ3) is 4.49. The summed E-state index contributed by atoms with van der Waals surface area (Å²) in [5.74, 6) is -0.739. The molecule has 0 atom stereocenters. The largest absolute Gasteiger partial charge is 0.462 e. The first-order valence-electron chi connectivity index (χ1n) is 6.10. The van der Waals surface area contributed by atoms with Crippen molar-refractivity contribution in [2.24, 2.45) is 5.92 Å². The van der Waals surface area contributed by atoms with E-state index < -0.39 is 11.9 Å². The van der Waals surface area contributed by atoms with E-state index in [4.69, 9.17) is 9.47 Å². The highest BCUT2D eigenvalue weighted by molar-refractivity contribution is 14.1. The van der Waals surface area contributed by atoms with Gasteiger partial charge in [0.15, 0.2) is 0 Å². The summed E-state index contributed by atoms with van der Waals surface area (Å²) in [6, 6.07) is 5.06. The van der Waals surface area contributed by atoms with Gasteiger partial charge in [0, 0.05) is 3.57 Å². The lowest BCUT2D eigenvalue weighted by atomic mass is 10.1. The molecule has 1 aromatic carbocycles. The van der Waals surface area contributed by atoms with Gasteiger partial charge < -0.3 is 9.47 Å². The summed E-state index contributed by atoms with van der Waals surface area (Å²) in [7, 11) is 0. The number of halogens is 1. The first-order chi connectivity index (χ1) is 8.97. The van der Waals surface area contributed by atoms with Crippen LogP contribution >= 0.6 is 22.6 Å². The van der Waals surface area contributed by atoms with Gasteiger partial charge in [-0.1, -0.05) is 19.9 Å². The minimum Gasteiger partial charge on any atom is -0.462 e. The van der Waals surface area contributed by atoms with Crippen LogP contribution in [0.15, 0.2) is 18.2 Å². The Morgan fingerprint density at radius 3 is 2.47 bits per heavy atom. The minimum absolute atomic E-state index is 0.248. The predicted molar refractivity (Wildman–Crippen MR) is 80.2 cm³/mol. The van der Waals surface area contributed by atoms with Crippen LogP contribution in [0, 0.1) is 9.49 Å². The minimum atomic E-state index is -0.496. The highest BCUT2D eigenvalue weighted by Crippen LogP contribution is 2.19. The summed E-state index contributed by atoms with van der Waals surface area (Å²) in [6.07, 6.45) is 0. The summed E-state index contributed by atoms with van der Waals surface area (Å²) < 4.78 is 10.8. The van der Waals surface area contributed by atoms with Crippen molar-refractivity contribution < 1.29 is 19.1 Å². The molecule has 0 saturated carbocycles. The Morgan fingerprint density at radius 1 is 1.21 bits per heavy atom. The molecule has 1 rings (SSSR count). The van der Waals surface area contributed by atoms with Crippen molar-refractivity contribution >= 4 is 34.5 Å². The molecule has 1 aromatic rings. The summed E-state index contributed by atoms with van der Waals surface area (Å²) in [5.41, 5.74) is 0.532. The summed E-state index contributed by atoms with van der Waals surface area (Å²) in [4.78, 5) is 23.9. The molecule has 0 fully saturated rings. The number of carbonyl (C=O) groups is 2. The molecule has 5 heteroatoms. The molecule has 0 bridgehead atoms. The van der Waals surface area contributed by atoms with E-state index in [0.29, 0.717) is 10.2 Å². The second-order valence-corrected chi connectivity index (χ2v) is 5.54. The molecule has 104 valence electrons. The highest BCUT2D eigenvalue weighted by Gasteiger charge is 2.22. The normalized spacial score (nSPS) is 10.4. The van der Waals surface area contributed by atoms with Crippen LogP contribution in [0.3, 0.4) is 0 Å². The lowest BCUT2D eigenvalue weighted by Gasteiger charge is -2.11. The summed E-state index contributed by atoms with van der Waals surface area (Å²) in [5, 5.41) is 0. The molecule has 0 aliphatic rings. The Balaban J connectivity index is 3.03. The molecule has 0 amide bonds. The maximum absolute atomic E-state index is 12.0. The monoisotopic (exact) mass is 376 g/mol. The van der Waals surface area contributed by atoms with Gasteiger partial charge in [-0.2, -0.15) is 0 Å².